The van der Waals surface area contributed by atoms with Crippen LogP contribution in [0.4, 0.5) is 5.69 Å². The zero-order valence-electron chi connectivity index (χ0n) is 16.4. The van der Waals surface area contributed by atoms with Crippen LogP contribution in [0.25, 0.3) is 0 Å². The van der Waals surface area contributed by atoms with Crippen molar-refractivity contribution >= 4 is 17.5 Å². The van der Waals surface area contributed by atoms with Crippen LogP contribution in [-0.2, 0) is 16.0 Å². The summed E-state index contributed by atoms with van der Waals surface area (Å²) >= 11 is 0. The van der Waals surface area contributed by atoms with E-state index < -0.39 is 0 Å². The molecule has 0 bridgehead atoms. The Kier molecular flexibility index (Phi) is 6.13. The number of ether oxygens (including phenoxy) is 2. The zero-order chi connectivity index (χ0) is 20.1. The van der Waals surface area contributed by atoms with E-state index in [9.17, 15) is 9.59 Å². The highest BCUT2D eigenvalue weighted by atomic mass is 16.5. The Morgan fingerprint density at radius 3 is 2.64 bits per heavy atom. The van der Waals surface area contributed by atoms with Gasteiger partial charge >= 0.3 is 0 Å². The van der Waals surface area contributed by atoms with Crippen molar-refractivity contribution in [2.75, 3.05) is 39.3 Å². The number of anilines is 1. The smallest absolute Gasteiger partial charge is 0.227 e. The Bertz CT molecular complexity index is 841. The van der Waals surface area contributed by atoms with Gasteiger partial charge in [0.05, 0.1) is 25.8 Å². The van der Waals surface area contributed by atoms with Crippen LogP contribution in [0.15, 0.2) is 42.7 Å². The van der Waals surface area contributed by atoms with Crippen LogP contribution in [-0.4, -0.2) is 56.1 Å². The first kappa shape index (κ1) is 19.7. The Morgan fingerprint density at radius 1 is 1.21 bits per heavy atom. The van der Waals surface area contributed by atoms with E-state index >= 15 is 0 Å². The number of likely N-dealkylation sites (N-methyl/N-ethyl adjacent to an activating group) is 1. The zero-order valence-corrected chi connectivity index (χ0v) is 16.4. The number of benzene rings is 1. The van der Waals surface area contributed by atoms with E-state index in [0.29, 0.717) is 30.3 Å². The van der Waals surface area contributed by atoms with Crippen molar-refractivity contribution < 1.29 is 19.1 Å². The van der Waals surface area contributed by atoms with Crippen LogP contribution in [0.3, 0.4) is 0 Å². The lowest BCUT2D eigenvalue weighted by atomic mass is 10.1. The largest absolute Gasteiger partial charge is 0.497 e. The summed E-state index contributed by atoms with van der Waals surface area (Å²) in [6.07, 6.45) is 4.43. The van der Waals surface area contributed by atoms with Crippen molar-refractivity contribution in [1.82, 2.24) is 9.88 Å². The summed E-state index contributed by atoms with van der Waals surface area (Å²) in [7, 11) is 4.91. The van der Waals surface area contributed by atoms with Gasteiger partial charge in [-0.15, -0.1) is 0 Å². The van der Waals surface area contributed by atoms with E-state index in [-0.39, 0.29) is 24.2 Å². The molecule has 2 aromatic rings. The second-order valence-corrected chi connectivity index (χ2v) is 6.81. The highest BCUT2D eigenvalue weighted by Crippen LogP contribution is 2.36. The average molecular weight is 383 g/mol. The number of hydrogen-bond acceptors (Lipinski definition) is 5. The molecule has 1 aliphatic rings. The minimum Gasteiger partial charge on any atom is -0.497 e. The van der Waals surface area contributed by atoms with Crippen molar-refractivity contribution in [2.45, 2.75) is 12.8 Å². The molecular formula is C21H25N3O4. The number of carbonyl (C=O) groups excluding carboxylic acids is 2. The maximum Gasteiger partial charge on any atom is 0.227 e. The molecule has 1 aromatic heterocycles. The molecule has 0 saturated carbocycles. The molecule has 0 spiro atoms. The van der Waals surface area contributed by atoms with Crippen LogP contribution in [0, 0.1) is 5.92 Å². The van der Waals surface area contributed by atoms with Crippen molar-refractivity contribution in [1.29, 1.82) is 0 Å². The normalized spacial score (nSPS) is 16.2. The topological polar surface area (TPSA) is 72.0 Å². The third-order valence-electron chi connectivity index (χ3n) is 5.01. The van der Waals surface area contributed by atoms with E-state index in [1.54, 1.807) is 61.7 Å². The van der Waals surface area contributed by atoms with Gasteiger partial charge in [-0.2, -0.15) is 0 Å². The first-order valence-electron chi connectivity index (χ1n) is 9.19. The molecule has 1 aliphatic heterocycles. The quantitative estimate of drug-likeness (QED) is 0.733. The molecule has 28 heavy (non-hydrogen) atoms. The van der Waals surface area contributed by atoms with Crippen molar-refractivity contribution in [3.63, 3.8) is 0 Å². The summed E-state index contributed by atoms with van der Waals surface area (Å²) in [4.78, 5) is 32.8. The highest BCUT2D eigenvalue weighted by molar-refractivity contribution is 6.01. The van der Waals surface area contributed by atoms with Gasteiger partial charge in [-0.1, -0.05) is 0 Å². The fourth-order valence-corrected chi connectivity index (χ4v) is 3.38. The second kappa shape index (κ2) is 8.73. The molecule has 3 rings (SSSR count). The SMILES string of the molecule is COc1ccc(OC)c(N2CC(C(=O)N(C)CCc3ccncc3)CC2=O)c1. The van der Waals surface area contributed by atoms with Gasteiger partial charge in [0.2, 0.25) is 11.8 Å². The summed E-state index contributed by atoms with van der Waals surface area (Å²) in [5, 5.41) is 0. The van der Waals surface area contributed by atoms with Gasteiger partial charge in [0.25, 0.3) is 0 Å². The lowest BCUT2D eigenvalue weighted by Crippen LogP contribution is -2.36. The first-order valence-corrected chi connectivity index (χ1v) is 9.19. The standard InChI is InChI=1S/C21H25N3O4/c1-23(11-8-15-6-9-22-10-7-15)21(26)16-12-20(25)24(14-16)18-13-17(27-2)4-5-19(18)28-3/h4-7,9-10,13,16H,8,11-12,14H2,1-3H3. The van der Waals surface area contributed by atoms with Gasteiger partial charge in [0.1, 0.15) is 11.5 Å². The monoisotopic (exact) mass is 383 g/mol. The Labute approximate surface area is 164 Å². The minimum atomic E-state index is -0.370. The molecule has 2 heterocycles. The third kappa shape index (κ3) is 4.24. The van der Waals surface area contributed by atoms with Crippen LogP contribution < -0.4 is 14.4 Å². The Hall–Kier alpha value is -3.09. The number of nitrogens with zero attached hydrogens (tertiary/aromatic N) is 3. The summed E-state index contributed by atoms with van der Waals surface area (Å²) in [5.74, 6) is 0.728. The number of methoxy groups -OCH3 is 2. The number of carbonyl (C=O) groups is 2. The van der Waals surface area contributed by atoms with Gasteiger partial charge in [-0.25, -0.2) is 0 Å². The molecule has 0 N–H and O–H groups in total. The van der Waals surface area contributed by atoms with E-state index in [1.165, 1.54) is 0 Å². The van der Waals surface area contributed by atoms with Crippen LogP contribution in [0.2, 0.25) is 0 Å². The predicted octanol–water partition coefficient (Wildman–Crippen LogP) is 2.15. The molecule has 1 saturated heterocycles. The van der Waals surface area contributed by atoms with E-state index in [0.717, 1.165) is 12.0 Å². The minimum absolute atomic E-state index is 0.0215. The molecule has 0 aliphatic carbocycles. The summed E-state index contributed by atoms with van der Waals surface area (Å²) in [6, 6.07) is 9.18. The molecule has 7 nitrogen and oxygen atoms in total. The molecule has 0 radical (unpaired) electrons. The van der Waals surface area contributed by atoms with E-state index in [4.69, 9.17) is 9.47 Å². The fourth-order valence-electron chi connectivity index (χ4n) is 3.38. The highest BCUT2D eigenvalue weighted by Gasteiger charge is 2.37. The van der Waals surface area contributed by atoms with Crippen LogP contribution >= 0.6 is 0 Å². The average Bonchev–Trinajstić information content (AvgIpc) is 3.13. The van der Waals surface area contributed by atoms with Crippen molar-refractivity contribution in [3.8, 4) is 11.5 Å². The van der Waals surface area contributed by atoms with Gasteiger partial charge in [0.15, 0.2) is 0 Å². The van der Waals surface area contributed by atoms with Crippen molar-refractivity contribution in [3.05, 3.63) is 48.3 Å². The van der Waals surface area contributed by atoms with Gasteiger partial charge in [-0.05, 0) is 36.2 Å². The number of aromatic nitrogens is 1. The molecule has 1 fully saturated rings. The fraction of sp³-hybridized carbons (Fsp3) is 0.381. The Morgan fingerprint density at radius 2 is 1.96 bits per heavy atom. The van der Waals surface area contributed by atoms with E-state index in [1.807, 2.05) is 12.1 Å². The van der Waals surface area contributed by atoms with Gasteiger partial charge in [-0.3, -0.25) is 14.6 Å². The molecule has 7 heteroatoms. The first-order chi connectivity index (χ1) is 13.5. The third-order valence-corrected chi connectivity index (χ3v) is 5.01. The Balaban J connectivity index is 1.67. The summed E-state index contributed by atoms with van der Waals surface area (Å²) in [5.41, 5.74) is 1.75. The second-order valence-electron chi connectivity index (χ2n) is 6.81. The maximum atomic E-state index is 12.8. The number of hydrogen-bond donors (Lipinski definition) is 0. The molecule has 1 unspecified atom stereocenters. The molecule has 2 amide bonds. The number of rotatable bonds is 7. The van der Waals surface area contributed by atoms with Crippen LogP contribution in [0.1, 0.15) is 12.0 Å². The summed E-state index contributed by atoms with van der Waals surface area (Å²) < 4.78 is 10.6. The van der Waals surface area contributed by atoms with Gasteiger partial charge < -0.3 is 19.3 Å². The molecule has 148 valence electrons. The lowest BCUT2D eigenvalue weighted by Gasteiger charge is -2.22. The van der Waals surface area contributed by atoms with Crippen molar-refractivity contribution in [2.24, 2.45) is 5.92 Å². The molecule has 1 atom stereocenters. The van der Waals surface area contributed by atoms with Crippen LogP contribution in [0.5, 0.6) is 11.5 Å². The number of amides is 2. The predicted molar refractivity (Wildman–Crippen MR) is 106 cm³/mol. The van der Waals surface area contributed by atoms with E-state index in [2.05, 4.69) is 4.98 Å². The molecule has 1 aromatic carbocycles. The lowest BCUT2D eigenvalue weighted by molar-refractivity contribution is -0.134. The van der Waals surface area contributed by atoms with Gasteiger partial charge in [0, 0.05) is 45.0 Å². The maximum absolute atomic E-state index is 12.8. The summed E-state index contributed by atoms with van der Waals surface area (Å²) in [6.45, 7) is 0.927. The molecular weight excluding hydrogens is 358 g/mol. The number of pyridine rings is 1.